The molecule has 0 saturated heterocycles. The number of rotatable bonds is 6. The van der Waals surface area contributed by atoms with Crippen molar-refractivity contribution in [1.29, 1.82) is 0 Å². The summed E-state index contributed by atoms with van der Waals surface area (Å²) in [7, 11) is 0. The second-order valence-corrected chi connectivity index (χ2v) is 6.60. The Balaban J connectivity index is 1.63. The molecule has 1 saturated carbocycles. The van der Waals surface area contributed by atoms with Gasteiger partial charge >= 0.3 is 5.97 Å². The molecule has 1 aliphatic rings. The number of aromatic carboxylic acids is 1. The van der Waals surface area contributed by atoms with Gasteiger partial charge in [-0.15, -0.1) is 5.10 Å². The quantitative estimate of drug-likeness (QED) is 0.708. The Hall–Kier alpha value is -3.23. The van der Waals surface area contributed by atoms with Crippen LogP contribution in [-0.4, -0.2) is 43.9 Å². The largest absolute Gasteiger partial charge is 0.476 e. The van der Waals surface area contributed by atoms with Gasteiger partial charge in [0.15, 0.2) is 5.69 Å². The maximum Gasteiger partial charge on any atom is 0.358 e. The third-order valence-corrected chi connectivity index (χ3v) is 4.57. The molecule has 3 rings (SSSR count). The van der Waals surface area contributed by atoms with Gasteiger partial charge in [0.05, 0.1) is 11.9 Å². The van der Waals surface area contributed by atoms with E-state index in [1.165, 1.54) is 10.9 Å². The molecule has 3 N–H and O–H groups in total. The number of benzene rings is 1. The van der Waals surface area contributed by atoms with E-state index in [0.717, 1.165) is 25.7 Å². The molecule has 9 heteroatoms. The molecule has 1 heterocycles. The van der Waals surface area contributed by atoms with E-state index in [1.807, 2.05) is 0 Å². The van der Waals surface area contributed by atoms with Crippen LogP contribution in [0.1, 0.15) is 43.1 Å². The lowest BCUT2D eigenvalue weighted by Crippen LogP contribution is -2.43. The first-order valence-electron chi connectivity index (χ1n) is 8.81. The number of hydrogen-bond acceptors (Lipinski definition) is 5. The first kappa shape index (κ1) is 18.6. The van der Waals surface area contributed by atoms with Crippen molar-refractivity contribution in [2.45, 2.75) is 38.6 Å². The van der Waals surface area contributed by atoms with E-state index in [-0.39, 0.29) is 23.4 Å². The predicted octanol–water partition coefficient (Wildman–Crippen LogP) is 1.60. The van der Waals surface area contributed by atoms with Gasteiger partial charge < -0.3 is 15.7 Å². The molecule has 0 radical (unpaired) electrons. The fraction of sp³-hybridized carbons (Fsp3) is 0.389. The minimum absolute atomic E-state index is 0.000626. The molecule has 0 aliphatic heterocycles. The molecule has 142 valence electrons. The van der Waals surface area contributed by atoms with Crippen molar-refractivity contribution in [3.63, 3.8) is 0 Å². The minimum atomic E-state index is -1.17. The number of carboxylic acid groups (broad SMARTS) is 1. The molecule has 1 unspecified atom stereocenters. The fourth-order valence-corrected chi connectivity index (χ4v) is 3.05. The SMILES string of the molecule is CC(NC(=O)C1CCCC1)C(=O)Nc1cccc(-n2cc(C(=O)O)nn2)c1. The van der Waals surface area contributed by atoms with Crippen LogP contribution in [0, 0.1) is 5.92 Å². The number of hydrogen-bond donors (Lipinski definition) is 3. The van der Waals surface area contributed by atoms with E-state index in [1.54, 1.807) is 31.2 Å². The van der Waals surface area contributed by atoms with Crippen LogP contribution in [0.4, 0.5) is 5.69 Å². The van der Waals surface area contributed by atoms with Crippen molar-refractivity contribution < 1.29 is 19.5 Å². The minimum Gasteiger partial charge on any atom is -0.476 e. The molecule has 0 bridgehead atoms. The van der Waals surface area contributed by atoms with Gasteiger partial charge in [-0.2, -0.15) is 0 Å². The van der Waals surface area contributed by atoms with Gasteiger partial charge in [-0.1, -0.05) is 24.1 Å². The average molecular weight is 371 g/mol. The number of amides is 2. The van der Waals surface area contributed by atoms with Crippen molar-refractivity contribution >= 4 is 23.5 Å². The van der Waals surface area contributed by atoms with E-state index in [2.05, 4.69) is 20.9 Å². The van der Waals surface area contributed by atoms with E-state index < -0.39 is 12.0 Å². The molecular weight excluding hydrogens is 350 g/mol. The van der Waals surface area contributed by atoms with Crippen LogP contribution in [0.15, 0.2) is 30.5 Å². The monoisotopic (exact) mass is 371 g/mol. The Morgan fingerprint density at radius 2 is 2.00 bits per heavy atom. The molecule has 1 aliphatic carbocycles. The van der Waals surface area contributed by atoms with E-state index >= 15 is 0 Å². The molecule has 1 fully saturated rings. The summed E-state index contributed by atoms with van der Waals surface area (Å²) in [5, 5.41) is 21.8. The van der Waals surface area contributed by atoms with Crippen molar-refractivity contribution in [2.24, 2.45) is 5.92 Å². The molecule has 2 aromatic rings. The van der Waals surface area contributed by atoms with Gasteiger partial charge in [-0.25, -0.2) is 9.48 Å². The number of carboxylic acids is 1. The summed E-state index contributed by atoms with van der Waals surface area (Å²) in [6, 6.07) is 6.09. The summed E-state index contributed by atoms with van der Waals surface area (Å²) in [4.78, 5) is 35.4. The molecule has 1 aromatic carbocycles. The van der Waals surface area contributed by atoms with E-state index in [0.29, 0.717) is 11.4 Å². The number of carbonyl (C=O) groups excluding carboxylic acids is 2. The van der Waals surface area contributed by atoms with Crippen molar-refractivity contribution in [2.75, 3.05) is 5.32 Å². The zero-order chi connectivity index (χ0) is 19.4. The second-order valence-electron chi connectivity index (χ2n) is 6.60. The molecule has 1 atom stereocenters. The lowest BCUT2D eigenvalue weighted by molar-refractivity contribution is -0.128. The third kappa shape index (κ3) is 4.49. The molecular formula is C18H21N5O4. The smallest absolute Gasteiger partial charge is 0.358 e. The predicted molar refractivity (Wildman–Crippen MR) is 96.5 cm³/mol. The van der Waals surface area contributed by atoms with Crippen LogP contribution in [0.5, 0.6) is 0 Å². The lowest BCUT2D eigenvalue weighted by atomic mass is 10.1. The third-order valence-electron chi connectivity index (χ3n) is 4.57. The summed E-state index contributed by atoms with van der Waals surface area (Å²) >= 11 is 0. The van der Waals surface area contributed by atoms with Crippen molar-refractivity contribution in [3.8, 4) is 5.69 Å². The number of carbonyl (C=O) groups is 3. The highest BCUT2D eigenvalue weighted by Gasteiger charge is 2.25. The van der Waals surface area contributed by atoms with Crippen LogP contribution < -0.4 is 10.6 Å². The molecule has 0 spiro atoms. The standard InChI is InChI=1S/C18H21N5O4/c1-11(19-17(25)12-5-2-3-6-12)16(24)20-13-7-4-8-14(9-13)23-10-15(18(26)27)21-22-23/h4,7-12H,2-3,5-6H2,1H3,(H,19,25)(H,20,24)(H,26,27). The van der Waals surface area contributed by atoms with Crippen molar-refractivity contribution in [1.82, 2.24) is 20.3 Å². The normalized spacial score (nSPS) is 15.3. The van der Waals surface area contributed by atoms with E-state index in [4.69, 9.17) is 5.11 Å². The van der Waals surface area contributed by atoms with Crippen LogP contribution in [0.25, 0.3) is 5.69 Å². The zero-order valence-electron chi connectivity index (χ0n) is 14.9. The highest BCUT2D eigenvalue weighted by Crippen LogP contribution is 2.24. The van der Waals surface area contributed by atoms with E-state index in [9.17, 15) is 14.4 Å². The number of anilines is 1. The van der Waals surface area contributed by atoms with Crippen LogP contribution in [0.3, 0.4) is 0 Å². The van der Waals surface area contributed by atoms with Gasteiger partial charge in [0.25, 0.3) is 0 Å². The van der Waals surface area contributed by atoms with Gasteiger partial charge in [-0.05, 0) is 38.0 Å². The summed E-state index contributed by atoms with van der Waals surface area (Å²) in [6.45, 7) is 1.64. The van der Waals surface area contributed by atoms with Gasteiger partial charge in [0, 0.05) is 11.6 Å². The Labute approximate surface area is 155 Å². The van der Waals surface area contributed by atoms with Gasteiger partial charge in [-0.3, -0.25) is 9.59 Å². The second kappa shape index (κ2) is 7.98. The summed E-state index contributed by atoms with van der Waals surface area (Å²) < 4.78 is 1.31. The Bertz CT molecular complexity index is 857. The number of nitrogens with zero attached hydrogens (tertiary/aromatic N) is 3. The topological polar surface area (TPSA) is 126 Å². The maximum absolute atomic E-state index is 12.4. The number of aromatic nitrogens is 3. The Morgan fingerprint density at radius 3 is 2.67 bits per heavy atom. The molecule has 1 aromatic heterocycles. The summed E-state index contributed by atoms with van der Waals surface area (Å²) in [6.07, 6.45) is 5.14. The summed E-state index contributed by atoms with van der Waals surface area (Å²) in [5.74, 6) is -1.58. The molecule has 27 heavy (non-hydrogen) atoms. The van der Waals surface area contributed by atoms with Crippen LogP contribution in [-0.2, 0) is 9.59 Å². The fourth-order valence-electron chi connectivity index (χ4n) is 3.05. The first-order valence-corrected chi connectivity index (χ1v) is 8.81. The van der Waals surface area contributed by atoms with Crippen LogP contribution >= 0.6 is 0 Å². The van der Waals surface area contributed by atoms with Crippen LogP contribution in [0.2, 0.25) is 0 Å². The number of nitrogens with one attached hydrogen (secondary N) is 2. The molecule has 9 nitrogen and oxygen atoms in total. The first-order chi connectivity index (χ1) is 12.9. The lowest BCUT2D eigenvalue weighted by Gasteiger charge is -2.17. The van der Waals surface area contributed by atoms with Crippen molar-refractivity contribution in [3.05, 3.63) is 36.2 Å². The molecule has 2 amide bonds. The average Bonchev–Trinajstić information content (AvgIpc) is 3.34. The highest BCUT2D eigenvalue weighted by atomic mass is 16.4. The Morgan fingerprint density at radius 1 is 1.26 bits per heavy atom. The maximum atomic E-state index is 12.4. The zero-order valence-corrected chi connectivity index (χ0v) is 14.9. The Kier molecular flexibility index (Phi) is 5.49. The summed E-state index contributed by atoms with van der Waals surface area (Å²) in [5.41, 5.74) is 0.884. The van der Waals surface area contributed by atoms with Gasteiger partial charge in [0.1, 0.15) is 6.04 Å². The van der Waals surface area contributed by atoms with Gasteiger partial charge in [0.2, 0.25) is 11.8 Å². The highest BCUT2D eigenvalue weighted by molar-refractivity contribution is 5.97.